The molecule has 0 atom stereocenters. The van der Waals surface area contributed by atoms with Crippen molar-refractivity contribution in [2.24, 2.45) is 0 Å². The molecule has 2 amide bonds. The largest absolute Gasteiger partial charge is 0.354 e. The second-order valence-corrected chi connectivity index (χ2v) is 6.10. The first-order valence-corrected chi connectivity index (χ1v) is 8.33. The number of amides is 2. The third kappa shape index (κ3) is 6.19. The van der Waals surface area contributed by atoms with Crippen LogP contribution in [-0.2, 0) is 22.6 Å². The zero-order valence-corrected chi connectivity index (χ0v) is 14.7. The van der Waals surface area contributed by atoms with Crippen molar-refractivity contribution in [1.82, 2.24) is 10.2 Å². The molecule has 0 aliphatic heterocycles. The molecule has 0 saturated heterocycles. The molecule has 2 rings (SSSR count). The van der Waals surface area contributed by atoms with E-state index in [1.807, 2.05) is 18.2 Å². The van der Waals surface area contributed by atoms with Crippen LogP contribution >= 0.6 is 11.6 Å². The Balaban J connectivity index is 1.84. The fourth-order valence-electron chi connectivity index (χ4n) is 2.34. The molecule has 0 unspecified atom stereocenters. The highest BCUT2D eigenvalue weighted by atomic mass is 35.5. The minimum atomic E-state index is -0.288. The Morgan fingerprint density at radius 3 is 2.44 bits per heavy atom. The van der Waals surface area contributed by atoms with Gasteiger partial charge in [-0.3, -0.25) is 9.59 Å². The molecule has 4 nitrogen and oxygen atoms in total. The Bertz CT molecular complexity index is 734. The number of nitrogens with one attached hydrogen (secondary N) is 1. The van der Waals surface area contributed by atoms with Crippen molar-refractivity contribution in [3.8, 4) is 0 Å². The topological polar surface area (TPSA) is 49.4 Å². The lowest BCUT2D eigenvalue weighted by Crippen LogP contribution is -2.40. The number of carbonyl (C=O) groups is 2. The normalized spacial score (nSPS) is 10.4. The van der Waals surface area contributed by atoms with Gasteiger partial charge in [0.1, 0.15) is 5.82 Å². The highest BCUT2D eigenvalue weighted by Crippen LogP contribution is 2.17. The smallest absolute Gasteiger partial charge is 0.239 e. The lowest BCUT2D eigenvalue weighted by molar-refractivity contribution is -0.134. The Morgan fingerprint density at radius 2 is 1.80 bits per heavy atom. The molecule has 25 heavy (non-hydrogen) atoms. The van der Waals surface area contributed by atoms with E-state index in [1.165, 1.54) is 24.0 Å². The van der Waals surface area contributed by atoms with Crippen LogP contribution in [0.4, 0.5) is 4.39 Å². The summed E-state index contributed by atoms with van der Waals surface area (Å²) in [5.74, 6) is -0.734. The van der Waals surface area contributed by atoms with Crippen molar-refractivity contribution in [2.45, 2.75) is 19.9 Å². The summed E-state index contributed by atoms with van der Waals surface area (Å²) in [4.78, 5) is 25.3. The van der Waals surface area contributed by atoms with Gasteiger partial charge in [0.2, 0.25) is 11.8 Å². The molecule has 0 aliphatic carbocycles. The first-order valence-electron chi connectivity index (χ1n) is 7.96. The minimum absolute atomic E-state index is 0.0377. The molecule has 132 valence electrons. The number of halogens is 2. The van der Waals surface area contributed by atoms with Crippen molar-refractivity contribution in [3.05, 3.63) is 70.5 Å². The summed E-state index contributed by atoms with van der Waals surface area (Å²) in [5, 5.41) is 3.33. The molecule has 0 aromatic heterocycles. The maximum atomic E-state index is 12.8. The van der Waals surface area contributed by atoms with Gasteiger partial charge in [0.15, 0.2) is 0 Å². The van der Waals surface area contributed by atoms with Crippen LogP contribution in [0.2, 0.25) is 5.02 Å². The first kappa shape index (κ1) is 18.9. The zero-order valence-electron chi connectivity index (χ0n) is 14.0. The van der Waals surface area contributed by atoms with E-state index in [-0.39, 0.29) is 30.7 Å². The molecule has 0 bridgehead atoms. The highest BCUT2D eigenvalue weighted by molar-refractivity contribution is 6.31. The summed E-state index contributed by atoms with van der Waals surface area (Å²) in [5.41, 5.74) is 1.72. The molecule has 0 fully saturated rings. The van der Waals surface area contributed by atoms with E-state index in [1.54, 1.807) is 18.2 Å². The van der Waals surface area contributed by atoms with Crippen LogP contribution in [0.15, 0.2) is 48.5 Å². The van der Waals surface area contributed by atoms with E-state index in [0.29, 0.717) is 18.0 Å². The van der Waals surface area contributed by atoms with E-state index in [0.717, 1.165) is 11.1 Å². The summed E-state index contributed by atoms with van der Waals surface area (Å²) >= 11 is 6.11. The van der Waals surface area contributed by atoms with Crippen molar-refractivity contribution >= 4 is 23.4 Å². The molecule has 0 saturated carbocycles. The SMILES string of the molecule is CC(=O)N(CC(=O)NCCc1ccc(F)cc1)Cc1ccccc1Cl. The summed E-state index contributed by atoms with van der Waals surface area (Å²) in [7, 11) is 0. The van der Waals surface area contributed by atoms with Crippen LogP contribution in [0, 0.1) is 5.82 Å². The molecule has 0 spiro atoms. The van der Waals surface area contributed by atoms with Crippen LogP contribution < -0.4 is 5.32 Å². The number of hydrogen-bond acceptors (Lipinski definition) is 2. The second kappa shape index (κ2) is 9.18. The minimum Gasteiger partial charge on any atom is -0.354 e. The first-order chi connectivity index (χ1) is 12.0. The average molecular weight is 363 g/mol. The lowest BCUT2D eigenvalue weighted by atomic mass is 10.1. The lowest BCUT2D eigenvalue weighted by Gasteiger charge is -2.21. The van der Waals surface area contributed by atoms with Gasteiger partial charge in [0, 0.05) is 25.0 Å². The zero-order chi connectivity index (χ0) is 18.2. The Labute approximate surface area is 151 Å². The van der Waals surface area contributed by atoms with E-state index >= 15 is 0 Å². The highest BCUT2D eigenvalue weighted by Gasteiger charge is 2.15. The number of benzene rings is 2. The van der Waals surface area contributed by atoms with Gasteiger partial charge >= 0.3 is 0 Å². The van der Waals surface area contributed by atoms with E-state index in [4.69, 9.17) is 11.6 Å². The van der Waals surface area contributed by atoms with Gasteiger partial charge in [0.05, 0.1) is 6.54 Å². The number of nitrogens with zero attached hydrogens (tertiary/aromatic N) is 1. The standard InChI is InChI=1S/C19H20ClFN2O2/c1-14(24)23(12-16-4-2-3-5-18(16)20)13-19(25)22-11-10-15-6-8-17(21)9-7-15/h2-9H,10-13H2,1H3,(H,22,25). The monoisotopic (exact) mass is 362 g/mol. The maximum Gasteiger partial charge on any atom is 0.239 e. The molecular formula is C19H20ClFN2O2. The molecule has 0 heterocycles. The Kier molecular flexibility index (Phi) is 6.95. The summed E-state index contributed by atoms with van der Waals surface area (Å²) < 4.78 is 12.8. The maximum absolute atomic E-state index is 12.8. The predicted molar refractivity (Wildman–Crippen MR) is 95.7 cm³/mol. The van der Waals surface area contributed by atoms with Crippen molar-refractivity contribution < 1.29 is 14.0 Å². The van der Waals surface area contributed by atoms with Crippen molar-refractivity contribution in [1.29, 1.82) is 0 Å². The third-order valence-electron chi connectivity index (χ3n) is 3.75. The van der Waals surface area contributed by atoms with Crippen LogP contribution in [-0.4, -0.2) is 29.8 Å². The molecule has 2 aromatic carbocycles. The van der Waals surface area contributed by atoms with Gasteiger partial charge in [-0.2, -0.15) is 0 Å². The third-order valence-corrected chi connectivity index (χ3v) is 4.12. The molecular weight excluding hydrogens is 343 g/mol. The van der Waals surface area contributed by atoms with Gasteiger partial charge < -0.3 is 10.2 Å². The molecule has 2 aromatic rings. The average Bonchev–Trinajstić information content (AvgIpc) is 2.58. The number of rotatable bonds is 7. The Hall–Kier alpha value is -2.40. The van der Waals surface area contributed by atoms with Crippen molar-refractivity contribution in [3.63, 3.8) is 0 Å². The van der Waals surface area contributed by atoms with Gasteiger partial charge in [0.25, 0.3) is 0 Å². The van der Waals surface area contributed by atoms with Crippen LogP contribution in [0.1, 0.15) is 18.1 Å². The number of hydrogen-bond donors (Lipinski definition) is 1. The Morgan fingerprint density at radius 1 is 1.12 bits per heavy atom. The molecule has 0 aliphatic rings. The van der Waals surface area contributed by atoms with Crippen LogP contribution in [0.3, 0.4) is 0 Å². The second-order valence-electron chi connectivity index (χ2n) is 5.69. The van der Waals surface area contributed by atoms with Gasteiger partial charge in [-0.05, 0) is 35.7 Å². The molecule has 1 N–H and O–H groups in total. The summed E-state index contributed by atoms with van der Waals surface area (Å²) in [6.45, 7) is 2.08. The fraction of sp³-hybridized carbons (Fsp3) is 0.263. The predicted octanol–water partition coefficient (Wildman–Crippen LogP) is 3.19. The summed E-state index contributed by atoms with van der Waals surface area (Å²) in [6, 6.07) is 13.4. The van der Waals surface area contributed by atoms with E-state index < -0.39 is 0 Å². The van der Waals surface area contributed by atoms with Gasteiger partial charge in [-0.1, -0.05) is 41.9 Å². The summed E-state index contributed by atoms with van der Waals surface area (Å²) in [6.07, 6.45) is 0.594. The van der Waals surface area contributed by atoms with Crippen LogP contribution in [0.5, 0.6) is 0 Å². The van der Waals surface area contributed by atoms with Crippen molar-refractivity contribution in [2.75, 3.05) is 13.1 Å². The van der Waals surface area contributed by atoms with Crippen LogP contribution in [0.25, 0.3) is 0 Å². The fourth-order valence-corrected chi connectivity index (χ4v) is 2.53. The van der Waals surface area contributed by atoms with Gasteiger partial charge in [-0.25, -0.2) is 4.39 Å². The van der Waals surface area contributed by atoms with Gasteiger partial charge in [-0.15, -0.1) is 0 Å². The molecule has 0 radical (unpaired) electrons. The van der Waals surface area contributed by atoms with E-state index in [2.05, 4.69) is 5.32 Å². The molecule has 6 heteroatoms. The quantitative estimate of drug-likeness (QED) is 0.822. The van der Waals surface area contributed by atoms with E-state index in [9.17, 15) is 14.0 Å². The number of carbonyl (C=O) groups excluding carboxylic acids is 2.